The Bertz CT molecular complexity index is 1410. The SMILES string of the molecule is Fc1cccc(-n2cnc3c(NCc4nc5ccccc5s4)nc(N4CCNCC4)nc32)c1. The molecule has 10 heteroatoms. The van der Waals surface area contributed by atoms with E-state index in [9.17, 15) is 4.39 Å². The molecule has 1 saturated heterocycles. The minimum atomic E-state index is -0.306. The molecule has 0 radical (unpaired) electrons. The molecule has 3 aromatic heterocycles. The van der Waals surface area contributed by atoms with Crippen LogP contribution in [0, 0.1) is 5.82 Å². The van der Waals surface area contributed by atoms with E-state index in [0.717, 1.165) is 41.4 Å². The molecule has 0 atom stereocenters. The molecule has 0 saturated carbocycles. The lowest BCUT2D eigenvalue weighted by molar-refractivity contribution is 0.580. The molecule has 5 aromatic rings. The predicted octanol–water partition coefficient (Wildman–Crippen LogP) is 3.59. The number of benzene rings is 2. The highest BCUT2D eigenvalue weighted by atomic mass is 32.1. The summed E-state index contributed by atoms with van der Waals surface area (Å²) >= 11 is 1.65. The zero-order valence-electron chi connectivity index (χ0n) is 17.7. The fraction of sp³-hybridized carbons (Fsp3) is 0.217. The number of aromatic nitrogens is 5. The highest BCUT2D eigenvalue weighted by molar-refractivity contribution is 7.18. The van der Waals surface area contributed by atoms with E-state index in [1.807, 2.05) is 24.3 Å². The predicted molar refractivity (Wildman–Crippen MR) is 129 cm³/mol. The zero-order valence-corrected chi connectivity index (χ0v) is 18.5. The molecular formula is C23H21FN8S. The Morgan fingerprint density at radius 1 is 1.03 bits per heavy atom. The van der Waals surface area contributed by atoms with Gasteiger partial charge in [0.25, 0.3) is 0 Å². The molecule has 0 aliphatic carbocycles. The van der Waals surface area contributed by atoms with Gasteiger partial charge in [-0.3, -0.25) is 4.57 Å². The molecule has 8 nitrogen and oxygen atoms in total. The number of fused-ring (bicyclic) bond motifs is 2. The van der Waals surface area contributed by atoms with Crippen LogP contribution in [0.15, 0.2) is 54.9 Å². The van der Waals surface area contributed by atoms with Crippen molar-refractivity contribution in [3.05, 3.63) is 65.7 Å². The van der Waals surface area contributed by atoms with Gasteiger partial charge in [0, 0.05) is 26.2 Å². The molecule has 166 valence electrons. The second-order valence-electron chi connectivity index (χ2n) is 7.80. The van der Waals surface area contributed by atoms with Gasteiger partial charge in [-0.2, -0.15) is 9.97 Å². The van der Waals surface area contributed by atoms with Crippen LogP contribution in [0.25, 0.3) is 27.1 Å². The maximum atomic E-state index is 13.9. The lowest BCUT2D eigenvalue weighted by Gasteiger charge is -2.27. The summed E-state index contributed by atoms with van der Waals surface area (Å²) in [5, 5.41) is 7.75. The molecule has 1 aliphatic heterocycles. The summed E-state index contributed by atoms with van der Waals surface area (Å²) in [6, 6.07) is 14.5. The molecule has 0 unspecified atom stereocenters. The summed E-state index contributed by atoms with van der Waals surface area (Å²) in [5.74, 6) is 0.969. The Kier molecular flexibility index (Phi) is 5.08. The third-order valence-electron chi connectivity index (χ3n) is 5.62. The van der Waals surface area contributed by atoms with E-state index in [4.69, 9.17) is 15.0 Å². The van der Waals surface area contributed by atoms with Crippen molar-refractivity contribution in [2.24, 2.45) is 0 Å². The number of thiazole rings is 1. The van der Waals surface area contributed by atoms with Gasteiger partial charge in [-0.25, -0.2) is 14.4 Å². The van der Waals surface area contributed by atoms with E-state index in [0.29, 0.717) is 35.2 Å². The number of nitrogens with one attached hydrogen (secondary N) is 2. The molecule has 1 aliphatic rings. The summed E-state index contributed by atoms with van der Waals surface area (Å²) in [7, 11) is 0. The van der Waals surface area contributed by atoms with Gasteiger partial charge in [0.2, 0.25) is 5.95 Å². The van der Waals surface area contributed by atoms with Crippen LogP contribution in [-0.4, -0.2) is 50.7 Å². The van der Waals surface area contributed by atoms with Crippen LogP contribution in [-0.2, 0) is 6.54 Å². The molecule has 2 N–H and O–H groups in total. The van der Waals surface area contributed by atoms with Crippen LogP contribution in [0.1, 0.15) is 5.01 Å². The van der Waals surface area contributed by atoms with Crippen molar-refractivity contribution in [3.8, 4) is 5.69 Å². The van der Waals surface area contributed by atoms with Crippen LogP contribution in [0.4, 0.5) is 16.2 Å². The van der Waals surface area contributed by atoms with Crippen molar-refractivity contribution < 1.29 is 4.39 Å². The second kappa shape index (κ2) is 8.38. The van der Waals surface area contributed by atoms with Crippen molar-refractivity contribution in [2.45, 2.75) is 6.54 Å². The molecule has 0 spiro atoms. The second-order valence-corrected chi connectivity index (χ2v) is 8.92. The van der Waals surface area contributed by atoms with Gasteiger partial charge in [-0.1, -0.05) is 18.2 Å². The summed E-state index contributed by atoms with van der Waals surface area (Å²) in [5.41, 5.74) is 2.93. The smallest absolute Gasteiger partial charge is 0.229 e. The van der Waals surface area contributed by atoms with Gasteiger partial charge in [0.05, 0.1) is 22.4 Å². The van der Waals surface area contributed by atoms with Gasteiger partial charge >= 0.3 is 0 Å². The molecule has 4 heterocycles. The summed E-state index contributed by atoms with van der Waals surface area (Å²) in [6.45, 7) is 3.91. The number of nitrogens with zero attached hydrogens (tertiary/aromatic N) is 6. The van der Waals surface area contributed by atoms with Crippen molar-refractivity contribution in [1.82, 2.24) is 29.8 Å². The van der Waals surface area contributed by atoms with Crippen molar-refractivity contribution in [1.29, 1.82) is 0 Å². The van der Waals surface area contributed by atoms with Crippen LogP contribution in [0.3, 0.4) is 0 Å². The van der Waals surface area contributed by atoms with Crippen LogP contribution in [0.2, 0.25) is 0 Å². The number of hydrogen-bond donors (Lipinski definition) is 2. The fourth-order valence-electron chi connectivity index (χ4n) is 3.99. The number of anilines is 2. The monoisotopic (exact) mass is 460 g/mol. The quantitative estimate of drug-likeness (QED) is 0.415. The molecular weight excluding hydrogens is 439 g/mol. The average molecular weight is 461 g/mol. The van der Waals surface area contributed by atoms with Crippen LogP contribution < -0.4 is 15.5 Å². The average Bonchev–Trinajstić information content (AvgIpc) is 3.47. The van der Waals surface area contributed by atoms with Crippen molar-refractivity contribution >= 4 is 44.5 Å². The lowest BCUT2D eigenvalue weighted by atomic mass is 10.3. The fourth-order valence-corrected chi connectivity index (χ4v) is 4.89. The van der Waals surface area contributed by atoms with E-state index in [1.165, 1.54) is 12.1 Å². The lowest BCUT2D eigenvalue weighted by Crippen LogP contribution is -2.44. The molecule has 1 fully saturated rings. The molecule has 0 bridgehead atoms. The maximum Gasteiger partial charge on any atom is 0.229 e. The standard InChI is InChI=1S/C23H21FN8S/c24-15-4-3-5-16(12-15)32-14-27-20-21(26-13-19-28-17-6-1-2-7-18(17)33-19)29-23(30-22(20)32)31-10-8-25-9-11-31/h1-7,12,14,25H,8-11,13H2,(H,26,29,30). The third-order valence-corrected chi connectivity index (χ3v) is 6.65. The summed E-state index contributed by atoms with van der Waals surface area (Å²) < 4.78 is 16.9. The molecule has 2 aromatic carbocycles. The van der Waals surface area contributed by atoms with Gasteiger partial charge in [0.15, 0.2) is 17.0 Å². The first kappa shape index (κ1) is 20.0. The highest BCUT2D eigenvalue weighted by Gasteiger charge is 2.20. The first-order valence-electron chi connectivity index (χ1n) is 10.8. The van der Waals surface area contributed by atoms with Crippen molar-refractivity contribution in [2.75, 3.05) is 36.4 Å². The first-order valence-corrected chi connectivity index (χ1v) is 11.6. The Hall–Kier alpha value is -3.63. The normalized spacial score (nSPS) is 14.3. The van der Waals surface area contributed by atoms with Crippen LogP contribution in [0.5, 0.6) is 0 Å². The van der Waals surface area contributed by atoms with E-state index in [2.05, 4.69) is 26.6 Å². The van der Waals surface area contributed by atoms with E-state index >= 15 is 0 Å². The largest absolute Gasteiger partial charge is 0.362 e. The number of hydrogen-bond acceptors (Lipinski definition) is 8. The number of para-hydroxylation sites is 1. The number of halogens is 1. The Morgan fingerprint density at radius 3 is 2.76 bits per heavy atom. The molecule has 6 rings (SSSR count). The third kappa shape index (κ3) is 3.87. The van der Waals surface area contributed by atoms with Gasteiger partial charge in [-0.15, -0.1) is 11.3 Å². The topological polar surface area (TPSA) is 83.8 Å². The van der Waals surface area contributed by atoms with Crippen LogP contribution >= 0.6 is 11.3 Å². The van der Waals surface area contributed by atoms with E-state index < -0.39 is 0 Å². The Labute approximate surface area is 193 Å². The number of piperazine rings is 1. The first-order chi connectivity index (χ1) is 16.2. The van der Waals surface area contributed by atoms with Gasteiger partial charge in [0.1, 0.15) is 17.2 Å². The Balaban J connectivity index is 1.41. The summed E-state index contributed by atoms with van der Waals surface area (Å²) in [6.07, 6.45) is 1.67. The Morgan fingerprint density at radius 2 is 1.91 bits per heavy atom. The zero-order chi connectivity index (χ0) is 22.2. The van der Waals surface area contributed by atoms with E-state index in [1.54, 1.807) is 28.3 Å². The maximum absolute atomic E-state index is 13.9. The minimum absolute atomic E-state index is 0.306. The summed E-state index contributed by atoms with van der Waals surface area (Å²) in [4.78, 5) is 21.1. The van der Waals surface area contributed by atoms with Gasteiger partial charge in [-0.05, 0) is 30.3 Å². The van der Waals surface area contributed by atoms with Gasteiger partial charge < -0.3 is 15.5 Å². The highest BCUT2D eigenvalue weighted by Crippen LogP contribution is 2.27. The number of rotatable bonds is 5. The molecule has 0 amide bonds. The van der Waals surface area contributed by atoms with E-state index in [-0.39, 0.29) is 5.82 Å². The minimum Gasteiger partial charge on any atom is -0.362 e. The number of imidazole rings is 1. The molecule has 33 heavy (non-hydrogen) atoms. The van der Waals surface area contributed by atoms with Crippen molar-refractivity contribution in [3.63, 3.8) is 0 Å².